The zero-order valence-electron chi connectivity index (χ0n) is 10.6. The summed E-state index contributed by atoms with van der Waals surface area (Å²) in [6, 6.07) is 6.40. The summed E-state index contributed by atoms with van der Waals surface area (Å²) in [6.45, 7) is 0. The van der Waals surface area contributed by atoms with Crippen LogP contribution in [0.5, 0.6) is 0 Å². The number of aromatic nitrogens is 2. The fraction of sp³-hybridized carbons (Fsp3) is 0.154. The summed E-state index contributed by atoms with van der Waals surface area (Å²) in [5.41, 5.74) is -1.22. The summed E-state index contributed by atoms with van der Waals surface area (Å²) in [5.74, 6) is 0. The molecule has 0 amide bonds. The molecule has 0 saturated heterocycles. The lowest BCUT2D eigenvalue weighted by molar-refractivity contribution is -0.124. The van der Waals surface area contributed by atoms with Crippen LogP contribution in [0.25, 0.3) is 0 Å². The van der Waals surface area contributed by atoms with E-state index in [1.165, 1.54) is 11.8 Å². The van der Waals surface area contributed by atoms with E-state index < -0.39 is 10.7 Å². The van der Waals surface area contributed by atoms with E-state index in [4.69, 9.17) is 23.2 Å². The number of carbonyl (C=O) groups is 1. The van der Waals surface area contributed by atoms with Crippen molar-refractivity contribution in [2.24, 2.45) is 0 Å². The molecule has 108 valence electrons. The Morgan fingerprint density at radius 3 is 2.52 bits per heavy atom. The zero-order chi connectivity index (χ0) is 15.2. The number of benzene rings is 1. The Balaban J connectivity index is 2.22. The number of halogens is 2. The first-order chi connectivity index (χ1) is 9.96. The third-order valence-electron chi connectivity index (χ3n) is 3.10. The molecule has 0 saturated carbocycles. The molecule has 21 heavy (non-hydrogen) atoms. The van der Waals surface area contributed by atoms with Gasteiger partial charge in [0.25, 0.3) is 0 Å². The Bertz CT molecular complexity index is 740. The van der Waals surface area contributed by atoms with Crippen molar-refractivity contribution in [2.45, 2.75) is 15.8 Å². The Hall–Kier alpha value is -0.790. The fourth-order valence-electron chi connectivity index (χ4n) is 2.08. The van der Waals surface area contributed by atoms with Gasteiger partial charge in [0.15, 0.2) is 10.8 Å². The third kappa shape index (κ3) is 2.35. The molecule has 1 aliphatic heterocycles. The van der Waals surface area contributed by atoms with E-state index in [9.17, 15) is 9.90 Å². The first kappa shape index (κ1) is 15.1. The van der Waals surface area contributed by atoms with E-state index in [0.717, 1.165) is 11.8 Å². The Morgan fingerprint density at radius 1 is 1.24 bits per heavy atom. The molecule has 8 heteroatoms. The third-order valence-corrected chi connectivity index (χ3v) is 5.15. The van der Waals surface area contributed by atoms with E-state index in [-0.39, 0.29) is 10.7 Å². The smallest absolute Gasteiger partial charge is 0.236 e. The molecule has 2 aromatic rings. The SMILES string of the molecule is CSc1nc(Cl)c2c(n1)SC(=O)C2(O)c1ccc(Cl)cc1. The second-order valence-corrected chi connectivity index (χ2v) is 6.82. The first-order valence-corrected chi connectivity index (χ1v) is 8.59. The van der Waals surface area contributed by atoms with Gasteiger partial charge in [-0.3, -0.25) is 4.79 Å². The van der Waals surface area contributed by atoms with Crippen LogP contribution in [-0.4, -0.2) is 26.4 Å². The lowest BCUT2D eigenvalue weighted by Gasteiger charge is -2.22. The molecule has 1 aromatic heterocycles. The van der Waals surface area contributed by atoms with E-state index in [1.54, 1.807) is 24.3 Å². The minimum Gasteiger partial charge on any atom is -0.372 e. The van der Waals surface area contributed by atoms with Crippen LogP contribution in [0.3, 0.4) is 0 Å². The van der Waals surface area contributed by atoms with Crippen LogP contribution in [0, 0.1) is 0 Å². The molecule has 0 radical (unpaired) electrons. The molecule has 0 fully saturated rings. The van der Waals surface area contributed by atoms with Crippen molar-refractivity contribution in [3.8, 4) is 0 Å². The predicted octanol–water partition coefficient (Wildman–Crippen LogP) is 3.37. The number of carbonyl (C=O) groups excluding carboxylic acids is 1. The predicted molar refractivity (Wildman–Crippen MR) is 84.1 cm³/mol. The van der Waals surface area contributed by atoms with Crippen LogP contribution in [0.2, 0.25) is 10.2 Å². The van der Waals surface area contributed by atoms with Crippen LogP contribution in [0.4, 0.5) is 0 Å². The number of rotatable bonds is 2. The van der Waals surface area contributed by atoms with E-state index >= 15 is 0 Å². The molecule has 4 nitrogen and oxygen atoms in total. The van der Waals surface area contributed by atoms with Gasteiger partial charge in [-0.2, -0.15) is 0 Å². The highest BCUT2D eigenvalue weighted by molar-refractivity contribution is 8.14. The molecule has 0 aliphatic carbocycles. The number of hydrogen-bond acceptors (Lipinski definition) is 6. The highest BCUT2D eigenvalue weighted by Crippen LogP contribution is 2.49. The molecule has 1 N–H and O–H groups in total. The summed E-state index contributed by atoms with van der Waals surface area (Å²) in [5, 5.41) is 11.9. The van der Waals surface area contributed by atoms with Crippen molar-refractivity contribution < 1.29 is 9.90 Å². The highest BCUT2D eigenvalue weighted by atomic mass is 35.5. The largest absolute Gasteiger partial charge is 0.372 e. The maximum absolute atomic E-state index is 12.3. The van der Waals surface area contributed by atoms with Gasteiger partial charge < -0.3 is 5.11 Å². The Kier molecular flexibility index (Phi) is 3.92. The Labute approximate surface area is 139 Å². The average molecular weight is 359 g/mol. The van der Waals surface area contributed by atoms with E-state index in [0.29, 0.717) is 20.8 Å². The van der Waals surface area contributed by atoms with Crippen molar-refractivity contribution in [2.75, 3.05) is 6.26 Å². The first-order valence-electron chi connectivity index (χ1n) is 5.79. The van der Waals surface area contributed by atoms with Crippen molar-refractivity contribution in [3.05, 3.63) is 45.6 Å². The minimum absolute atomic E-state index is 0.0835. The standard InChI is InChI=1S/C13H8Cl2N2O2S2/c1-20-12-16-9(15)8-10(17-12)21-11(18)13(8,19)6-2-4-7(14)5-3-6/h2-5,19H,1H3. The number of nitrogens with zero attached hydrogens (tertiary/aromatic N) is 2. The topological polar surface area (TPSA) is 63.1 Å². The normalized spacial score (nSPS) is 20.7. The van der Waals surface area contributed by atoms with Gasteiger partial charge in [-0.15, -0.1) is 0 Å². The van der Waals surface area contributed by atoms with E-state index in [1.807, 2.05) is 6.26 Å². The van der Waals surface area contributed by atoms with Crippen molar-refractivity contribution in [3.63, 3.8) is 0 Å². The van der Waals surface area contributed by atoms with Crippen LogP contribution in [-0.2, 0) is 10.4 Å². The lowest BCUT2D eigenvalue weighted by Crippen LogP contribution is -2.32. The molecule has 3 rings (SSSR count). The molecule has 1 atom stereocenters. The molecule has 0 bridgehead atoms. The van der Waals surface area contributed by atoms with Crippen LogP contribution < -0.4 is 0 Å². The summed E-state index contributed by atoms with van der Waals surface area (Å²) in [6.07, 6.45) is 1.81. The van der Waals surface area contributed by atoms with Gasteiger partial charge >= 0.3 is 0 Å². The van der Waals surface area contributed by atoms with Gasteiger partial charge in [0.2, 0.25) is 5.12 Å². The summed E-state index contributed by atoms with van der Waals surface area (Å²) in [7, 11) is 0. The molecular weight excluding hydrogens is 351 g/mol. The summed E-state index contributed by atoms with van der Waals surface area (Å²) in [4.78, 5) is 20.7. The molecule has 1 unspecified atom stereocenters. The maximum atomic E-state index is 12.3. The summed E-state index contributed by atoms with van der Waals surface area (Å²) < 4.78 is 0. The van der Waals surface area contributed by atoms with Crippen LogP contribution in [0.1, 0.15) is 11.1 Å². The Morgan fingerprint density at radius 2 is 1.90 bits per heavy atom. The molecule has 2 heterocycles. The molecule has 0 spiro atoms. The highest BCUT2D eigenvalue weighted by Gasteiger charge is 2.50. The van der Waals surface area contributed by atoms with Crippen molar-refractivity contribution >= 4 is 51.8 Å². The van der Waals surface area contributed by atoms with Gasteiger partial charge in [-0.05, 0) is 35.7 Å². The van der Waals surface area contributed by atoms with Gasteiger partial charge in [0.05, 0.1) is 5.56 Å². The van der Waals surface area contributed by atoms with Gasteiger partial charge in [-0.1, -0.05) is 47.1 Å². The number of fused-ring (bicyclic) bond motifs is 1. The minimum atomic E-state index is -1.85. The van der Waals surface area contributed by atoms with Crippen LogP contribution in [0.15, 0.2) is 34.4 Å². The number of thioether (sulfide) groups is 2. The summed E-state index contributed by atoms with van der Waals surface area (Å²) >= 11 is 14.2. The molecular formula is C13H8Cl2N2O2S2. The van der Waals surface area contributed by atoms with Crippen LogP contribution >= 0.6 is 46.7 Å². The zero-order valence-corrected chi connectivity index (χ0v) is 13.8. The second kappa shape index (κ2) is 5.44. The average Bonchev–Trinajstić information content (AvgIpc) is 2.72. The fourth-order valence-corrected chi connectivity index (χ4v) is 4.07. The van der Waals surface area contributed by atoms with Crippen molar-refractivity contribution in [1.29, 1.82) is 0 Å². The van der Waals surface area contributed by atoms with Gasteiger partial charge in [-0.25, -0.2) is 9.97 Å². The molecule has 1 aromatic carbocycles. The quantitative estimate of drug-likeness (QED) is 0.504. The van der Waals surface area contributed by atoms with Gasteiger partial charge in [0, 0.05) is 5.02 Å². The monoisotopic (exact) mass is 358 g/mol. The van der Waals surface area contributed by atoms with E-state index in [2.05, 4.69) is 9.97 Å². The van der Waals surface area contributed by atoms with Crippen molar-refractivity contribution in [1.82, 2.24) is 9.97 Å². The maximum Gasteiger partial charge on any atom is 0.236 e. The lowest BCUT2D eigenvalue weighted by atomic mass is 9.89. The second-order valence-electron chi connectivity index (χ2n) is 4.29. The molecule has 1 aliphatic rings. The number of aliphatic hydroxyl groups is 1. The van der Waals surface area contributed by atoms with Gasteiger partial charge in [0.1, 0.15) is 10.2 Å². The number of hydrogen-bond donors (Lipinski definition) is 1.